The normalized spacial score (nSPS) is 27.7. The molecule has 0 bridgehead atoms. The number of halogens is 1. The number of hydrogen-bond acceptors (Lipinski definition) is 3. The van der Waals surface area contributed by atoms with E-state index in [1.54, 1.807) is 12.1 Å². The molecule has 112 valence electrons. The highest BCUT2D eigenvalue weighted by Crippen LogP contribution is 2.42. The molecule has 1 aromatic carbocycles. The Kier molecular flexibility index (Phi) is 3.53. The molecule has 3 atom stereocenters. The van der Waals surface area contributed by atoms with Gasteiger partial charge in [0.15, 0.2) is 0 Å². The van der Waals surface area contributed by atoms with Crippen molar-refractivity contribution in [1.29, 1.82) is 0 Å². The fourth-order valence-electron chi connectivity index (χ4n) is 3.66. The van der Waals surface area contributed by atoms with E-state index in [4.69, 9.17) is 17.3 Å². The number of carbonyl (C=O) groups is 2. The highest BCUT2D eigenvalue weighted by molar-refractivity contribution is 6.33. The molecule has 21 heavy (non-hydrogen) atoms. The van der Waals surface area contributed by atoms with Gasteiger partial charge in [-0.05, 0) is 42.9 Å². The Hall–Kier alpha value is -1.75. The predicted octanol–water partition coefficient (Wildman–Crippen LogP) is 2.25. The number of amides is 1. The zero-order chi connectivity index (χ0) is 15.1. The molecule has 3 unspecified atom stereocenters. The molecule has 1 aliphatic carbocycles. The Balaban J connectivity index is 1.89. The number of carbonyl (C=O) groups excluding carboxylic acids is 1. The Bertz CT molecular complexity index is 605. The molecule has 0 radical (unpaired) electrons. The third-order valence-corrected chi connectivity index (χ3v) is 4.98. The van der Waals surface area contributed by atoms with Gasteiger partial charge in [0.05, 0.1) is 10.7 Å². The number of carboxylic acid groups (broad SMARTS) is 1. The lowest BCUT2D eigenvalue weighted by Crippen LogP contribution is -2.43. The first-order valence-corrected chi connectivity index (χ1v) is 7.45. The van der Waals surface area contributed by atoms with E-state index in [0.29, 0.717) is 28.7 Å². The lowest BCUT2D eigenvalue weighted by atomic mass is 9.94. The Morgan fingerprint density at radius 3 is 2.76 bits per heavy atom. The summed E-state index contributed by atoms with van der Waals surface area (Å²) in [5.74, 6) is -0.812. The third kappa shape index (κ3) is 2.35. The molecule has 1 heterocycles. The molecule has 2 aliphatic rings. The van der Waals surface area contributed by atoms with Gasteiger partial charge in [0.2, 0.25) is 0 Å². The van der Waals surface area contributed by atoms with Crippen LogP contribution in [0.25, 0.3) is 0 Å². The average molecular weight is 309 g/mol. The van der Waals surface area contributed by atoms with E-state index in [9.17, 15) is 14.7 Å². The molecule has 1 saturated heterocycles. The number of fused-ring (bicyclic) bond motifs is 1. The third-order valence-electron chi connectivity index (χ3n) is 4.65. The van der Waals surface area contributed by atoms with Gasteiger partial charge in [0, 0.05) is 12.1 Å². The fraction of sp³-hybridized carbons (Fsp3) is 0.467. The van der Waals surface area contributed by atoms with Crippen molar-refractivity contribution in [2.24, 2.45) is 11.8 Å². The fourth-order valence-corrected chi connectivity index (χ4v) is 3.84. The molecule has 0 aromatic heterocycles. The van der Waals surface area contributed by atoms with E-state index in [1.807, 2.05) is 0 Å². The highest BCUT2D eigenvalue weighted by atomic mass is 35.5. The maximum absolute atomic E-state index is 12.6. The van der Waals surface area contributed by atoms with Crippen molar-refractivity contribution in [2.45, 2.75) is 25.3 Å². The van der Waals surface area contributed by atoms with E-state index in [0.717, 1.165) is 19.3 Å². The van der Waals surface area contributed by atoms with E-state index in [1.165, 1.54) is 11.0 Å². The quantitative estimate of drug-likeness (QED) is 0.821. The second-order valence-electron chi connectivity index (χ2n) is 5.83. The van der Waals surface area contributed by atoms with E-state index >= 15 is 0 Å². The summed E-state index contributed by atoms with van der Waals surface area (Å²) in [6.07, 6.45) is 2.93. The number of rotatable bonds is 2. The van der Waals surface area contributed by atoms with Gasteiger partial charge in [-0.15, -0.1) is 0 Å². The van der Waals surface area contributed by atoms with Crippen molar-refractivity contribution in [1.82, 2.24) is 4.90 Å². The predicted molar refractivity (Wildman–Crippen MR) is 79.2 cm³/mol. The molecule has 2 fully saturated rings. The number of nitrogens with zero attached hydrogens (tertiary/aromatic N) is 1. The van der Waals surface area contributed by atoms with E-state index < -0.39 is 12.0 Å². The summed E-state index contributed by atoms with van der Waals surface area (Å²) in [6.45, 7) is 0.516. The van der Waals surface area contributed by atoms with Crippen LogP contribution in [0.15, 0.2) is 18.2 Å². The maximum atomic E-state index is 12.6. The number of carboxylic acids is 1. The first kappa shape index (κ1) is 14.2. The zero-order valence-corrected chi connectivity index (χ0v) is 12.2. The smallest absolute Gasteiger partial charge is 0.326 e. The van der Waals surface area contributed by atoms with Crippen LogP contribution >= 0.6 is 11.6 Å². The molecular weight excluding hydrogens is 292 g/mol. The average Bonchev–Trinajstić information content (AvgIpc) is 3.00. The Morgan fingerprint density at radius 1 is 1.33 bits per heavy atom. The number of hydrogen-bond donors (Lipinski definition) is 2. The second kappa shape index (κ2) is 5.22. The summed E-state index contributed by atoms with van der Waals surface area (Å²) >= 11 is 5.95. The molecule has 1 amide bonds. The van der Waals surface area contributed by atoms with Crippen LogP contribution in [0.1, 0.15) is 29.6 Å². The summed E-state index contributed by atoms with van der Waals surface area (Å²) < 4.78 is 0. The minimum absolute atomic E-state index is 0.0794. The van der Waals surface area contributed by atoms with Gasteiger partial charge in [0.25, 0.3) is 5.91 Å². The SMILES string of the molecule is Nc1ccc(C(=O)N2CC3CCCC3C2C(=O)O)cc1Cl. The molecule has 3 N–H and O–H groups in total. The summed E-state index contributed by atoms with van der Waals surface area (Å²) in [5.41, 5.74) is 6.43. The zero-order valence-electron chi connectivity index (χ0n) is 11.5. The highest BCUT2D eigenvalue weighted by Gasteiger charge is 2.49. The maximum Gasteiger partial charge on any atom is 0.326 e. The second-order valence-corrected chi connectivity index (χ2v) is 6.24. The van der Waals surface area contributed by atoms with E-state index in [2.05, 4.69) is 0 Å². The van der Waals surface area contributed by atoms with Crippen molar-refractivity contribution in [2.75, 3.05) is 12.3 Å². The largest absolute Gasteiger partial charge is 0.480 e. The molecule has 3 rings (SSSR count). The van der Waals surface area contributed by atoms with Crippen molar-refractivity contribution in [3.63, 3.8) is 0 Å². The number of likely N-dealkylation sites (tertiary alicyclic amines) is 1. The summed E-state index contributed by atoms with van der Waals surface area (Å²) in [5, 5.41) is 9.80. The summed E-state index contributed by atoms with van der Waals surface area (Å²) in [6, 6.07) is 3.95. The molecule has 1 saturated carbocycles. The van der Waals surface area contributed by atoms with E-state index in [-0.39, 0.29) is 11.8 Å². The van der Waals surface area contributed by atoms with Gasteiger partial charge < -0.3 is 15.7 Å². The molecule has 0 spiro atoms. The van der Waals surface area contributed by atoms with Crippen LogP contribution in [-0.4, -0.2) is 34.5 Å². The van der Waals surface area contributed by atoms with Gasteiger partial charge in [-0.3, -0.25) is 4.79 Å². The summed E-state index contributed by atoms with van der Waals surface area (Å²) in [4.78, 5) is 25.7. The summed E-state index contributed by atoms with van der Waals surface area (Å²) in [7, 11) is 0. The lowest BCUT2D eigenvalue weighted by molar-refractivity contribution is -0.142. The number of nitrogens with two attached hydrogens (primary N) is 1. The van der Waals surface area contributed by atoms with Crippen LogP contribution in [0, 0.1) is 11.8 Å². The molecule has 1 aromatic rings. The number of nitrogen functional groups attached to an aromatic ring is 1. The lowest BCUT2D eigenvalue weighted by Gasteiger charge is -2.24. The van der Waals surface area contributed by atoms with Crippen LogP contribution in [0.2, 0.25) is 5.02 Å². The van der Waals surface area contributed by atoms with Crippen molar-refractivity contribution in [3.05, 3.63) is 28.8 Å². The standard InChI is InChI=1S/C15H17ClN2O3/c16-11-6-8(4-5-12(11)17)14(19)18-7-9-2-1-3-10(9)13(18)15(20)21/h4-6,9-10,13H,1-3,7,17H2,(H,20,21). The van der Waals surface area contributed by atoms with Crippen molar-refractivity contribution < 1.29 is 14.7 Å². The van der Waals surface area contributed by atoms with Crippen LogP contribution < -0.4 is 5.73 Å². The van der Waals surface area contributed by atoms with Crippen molar-refractivity contribution in [3.8, 4) is 0 Å². The Labute approximate surface area is 127 Å². The number of aliphatic carboxylic acids is 1. The first-order valence-electron chi connectivity index (χ1n) is 7.08. The van der Waals surface area contributed by atoms with Gasteiger partial charge >= 0.3 is 5.97 Å². The number of benzene rings is 1. The van der Waals surface area contributed by atoms with Crippen LogP contribution in [-0.2, 0) is 4.79 Å². The molecule has 6 heteroatoms. The molecule has 1 aliphatic heterocycles. The van der Waals surface area contributed by atoms with Gasteiger partial charge in [-0.2, -0.15) is 0 Å². The topological polar surface area (TPSA) is 83.6 Å². The molecular formula is C15H17ClN2O3. The first-order chi connectivity index (χ1) is 9.99. The Morgan fingerprint density at radius 2 is 2.10 bits per heavy atom. The van der Waals surface area contributed by atoms with Gasteiger partial charge in [-0.25, -0.2) is 4.79 Å². The minimum atomic E-state index is -0.917. The van der Waals surface area contributed by atoms with Crippen molar-refractivity contribution >= 4 is 29.2 Å². The minimum Gasteiger partial charge on any atom is -0.480 e. The van der Waals surface area contributed by atoms with Crippen LogP contribution in [0.4, 0.5) is 5.69 Å². The van der Waals surface area contributed by atoms with Crippen LogP contribution in [0.5, 0.6) is 0 Å². The van der Waals surface area contributed by atoms with Gasteiger partial charge in [0.1, 0.15) is 6.04 Å². The van der Waals surface area contributed by atoms with Crippen LogP contribution in [0.3, 0.4) is 0 Å². The van der Waals surface area contributed by atoms with Gasteiger partial charge in [-0.1, -0.05) is 18.0 Å². The monoisotopic (exact) mass is 308 g/mol. The molecule has 5 nitrogen and oxygen atoms in total. The number of anilines is 1.